The molecule has 0 aliphatic carbocycles. The lowest BCUT2D eigenvalue weighted by atomic mass is 10.2. The Hall–Kier alpha value is -2.70. The van der Waals surface area contributed by atoms with Crippen LogP contribution in [0.3, 0.4) is 0 Å². The molecule has 7 nitrogen and oxygen atoms in total. The average Bonchev–Trinajstić information content (AvgIpc) is 2.91. The lowest BCUT2D eigenvalue weighted by molar-refractivity contribution is -0.141. The highest BCUT2D eigenvalue weighted by atomic mass is 19.4. The first-order valence-electron chi connectivity index (χ1n) is 5.40. The molecule has 2 heterocycles. The summed E-state index contributed by atoms with van der Waals surface area (Å²) in [7, 11) is 0. The van der Waals surface area contributed by atoms with E-state index in [1.807, 2.05) is 0 Å². The topological polar surface area (TPSA) is 103 Å². The zero-order chi connectivity index (χ0) is 14.8. The second-order valence-corrected chi connectivity index (χ2v) is 3.84. The maximum absolute atomic E-state index is 12.6. The summed E-state index contributed by atoms with van der Waals surface area (Å²) in [6, 6.07) is 3.02. The monoisotopic (exact) mass is 283 g/mol. The van der Waals surface area contributed by atoms with Crippen LogP contribution in [0.25, 0.3) is 0 Å². The summed E-state index contributed by atoms with van der Waals surface area (Å²) in [6.07, 6.45) is -4.58. The van der Waals surface area contributed by atoms with Crippen molar-refractivity contribution < 1.29 is 13.2 Å². The molecule has 0 aliphatic rings. The number of aromatic nitrogens is 5. The molecule has 2 aromatic heterocycles. The molecule has 1 atom stereocenters. The molecule has 10 heteroatoms. The van der Waals surface area contributed by atoms with E-state index in [2.05, 4.69) is 30.9 Å². The third kappa shape index (κ3) is 2.82. The highest BCUT2D eigenvalue weighted by Crippen LogP contribution is 2.30. The first-order chi connectivity index (χ1) is 9.41. The van der Waals surface area contributed by atoms with Gasteiger partial charge in [-0.15, -0.1) is 10.2 Å². The van der Waals surface area contributed by atoms with E-state index in [-0.39, 0.29) is 17.2 Å². The molecular formula is C10H8F3N7. The van der Waals surface area contributed by atoms with Gasteiger partial charge in [-0.25, -0.2) is 4.98 Å². The van der Waals surface area contributed by atoms with Crippen molar-refractivity contribution in [2.75, 3.05) is 5.32 Å². The van der Waals surface area contributed by atoms with Crippen LogP contribution in [-0.4, -0.2) is 25.6 Å². The van der Waals surface area contributed by atoms with Crippen molar-refractivity contribution in [3.63, 3.8) is 0 Å². The van der Waals surface area contributed by atoms with Gasteiger partial charge in [0.25, 0.3) is 0 Å². The number of nitrogens with one attached hydrogen (secondary N) is 2. The van der Waals surface area contributed by atoms with Crippen molar-refractivity contribution in [1.82, 2.24) is 25.6 Å². The Morgan fingerprint density at radius 2 is 2.15 bits per heavy atom. The van der Waals surface area contributed by atoms with Crippen LogP contribution in [0.15, 0.2) is 12.1 Å². The minimum atomic E-state index is -4.58. The van der Waals surface area contributed by atoms with Gasteiger partial charge in [0.1, 0.15) is 17.6 Å². The molecule has 0 aromatic carbocycles. The number of H-pyrrole nitrogens is 1. The molecule has 20 heavy (non-hydrogen) atoms. The summed E-state index contributed by atoms with van der Waals surface area (Å²) < 4.78 is 37.8. The number of hydrogen-bond acceptors (Lipinski definition) is 6. The fourth-order valence-corrected chi connectivity index (χ4v) is 1.44. The number of nitriles is 1. The largest absolute Gasteiger partial charge is 0.433 e. The van der Waals surface area contributed by atoms with Crippen molar-refractivity contribution in [2.45, 2.75) is 19.1 Å². The van der Waals surface area contributed by atoms with Crippen molar-refractivity contribution in [3.8, 4) is 6.07 Å². The molecular weight excluding hydrogens is 275 g/mol. The molecule has 2 rings (SSSR count). The maximum atomic E-state index is 12.6. The zero-order valence-electron chi connectivity index (χ0n) is 10.1. The van der Waals surface area contributed by atoms with Crippen molar-refractivity contribution in [2.24, 2.45) is 0 Å². The quantitative estimate of drug-likeness (QED) is 0.887. The minimum Gasteiger partial charge on any atom is -0.359 e. The molecule has 104 valence electrons. The highest BCUT2D eigenvalue weighted by molar-refractivity contribution is 5.53. The Balaban J connectivity index is 2.32. The minimum absolute atomic E-state index is 0.00616. The zero-order valence-corrected chi connectivity index (χ0v) is 10.1. The summed E-state index contributed by atoms with van der Waals surface area (Å²) in [5, 5.41) is 24.5. The first-order valence-corrected chi connectivity index (χ1v) is 5.40. The van der Waals surface area contributed by atoms with Crippen LogP contribution in [0.1, 0.15) is 30.0 Å². The van der Waals surface area contributed by atoms with Crippen LogP contribution in [-0.2, 0) is 6.18 Å². The summed E-state index contributed by atoms with van der Waals surface area (Å²) in [4.78, 5) is 3.42. The lowest BCUT2D eigenvalue weighted by Gasteiger charge is -2.14. The number of hydrogen-bond donors (Lipinski definition) is 2. The molecule has 2 N–H and O–H groups in total. The van der Waals surface area contributed by atoms with Gasteiger partial charge in [-0.2, -0.15) is 23.6 Å². The number of anilines is 1. The van der Waals surface area contributed by atoms with Gasteiger partial charge in [0.2, 0.25) is 0 Å². The molecule has 0 amide bonds. The molecule has 0 saturated carbocycles. The fourth-order valence-electron chi connectivity index (χ4n) is 1.44. The Morgan fingerprint density at radius 3 is 2.70 bits per heavy atom. The number of alkyl halides is 3. The predicted molar refractivity (Wildman–Crippen MR) is 60.2 cm³/mol. The first kappa shape index (κ1) is 13.7. The molecule has 0 aliphatic heterocycles. The number of pyridine rings is 1. The maximum Gasteiger partial charge on any atom is 0.433 e. The highest BCUT2D eigenvalue weighted by Gasteiger charge is 2.33. The number of aromatic amines is 1. The number of tetrazole rings is 1. The van der Waals surface area contributed by atoms with Gasteiger partial charge in [0.15, 0.2) is 5.82 Å². The van der Waals surface area contributed by atoms with E-state index in [1.165, 1.54) is 0 Å². The van der Waals surface area contributed by atoms with Crippen LogP contribution in [0.4, 0.5) is 19.0 Å². The van der Waals surface area contributed by atoms with Crippen LogP contribution in [0, 0.1) is 11.3 Å². The van der Waals surface area contributed by atoms with Crippen LogP contribution in [0.2, 0.25) is 0 Å². The third-order valence-electron chi connectivity index (χ3n) is 2.41. The van der Waals surface area contributed by atoms with E-state index < -0.39 is 17.9 Å². The molecule has 0 fully saturated rings. The SMILES string of the molecule is CC(Nc1nc(C(F)(F)F)ccc1C#N)c1nn[nH]n1. The van der Waals surface area contributed by atoms with Crippen molar-refractivity contribution >= 4 is 5.82 Å². The summed E-state index contributed by atoms with van der Waals surface area (Å²) in [6.45, 7) is 1.61. The van der Waals surface area contributed by atoms with Gasteiger partial charge in [-0.3, -0.25) is 0 Å². The van der Waals surface area contributed by atoms with Crippen LogP contribution >= 0.6 is 0 Å². The number of rotatable bonds is 3. The van der Waals surface area contributed by atoms with Gasteiger partial charge in [0.05, 0.1) is 11.6 Å². The lowest BCUT2D eigenvalue weighted by Crippen LogP contribution is -2.14. The van der Waals surface area contributed by atoms with E-state index in [0.717, 1.165) is 12.1 Å². The average molecular weight is 283 g/mol. The Labute approximate surface area is 110 Å². The normalized spacial score (nSPS) is 12.8. The standard InChI is InChI=1S/C10H8F3N7/c1-5(8-17-19-20-18-8)15-9-6(4-14)2-3-7(16-9)10(11,12)13/h2-3,5H,1H3,(H,15,16)(H,17,18,19,20). The number of nitrogens with zero attached hydrogens (tertiary/aromatic N) is 5. The Morgan fingerprint density at radius 1 is 1.40 bits per heavy atom. The summed E-state index contributed by atoms with van der Waals surface area (Å²) in [5.41, 5.74) is -1.09. The second kappa shape index (κ2) is 5.12. The van der Waals surface area contributed by atoms with Gasteiger partial charge in [-0.05, 0) is 19.1 Å². The van der Waals surface area contributed by atoms with Crippen LogP contribution in [0.5, 0.6) is 0 Å². The van der Waals surface area contributed by atoms with E-state index in [9.17, 15) is 13.2 Å². The summed E-state index contributed by atoms with van der Waals surface area (Å²) in [5.74, 6) is 0.0627. The van der Waals surface area contributed by atoms with E-state index >= 15 is 0 Å². The molecule has 1 unspecified atom stereocenters. The fraction of sp³-hybridized carbons (Fsp3) is 0.300. The van der Waals surface area contributed by atoms with Gasteiger partial charge < -0.3 is 5.32 Å². The van der Waals surface area contributed by atoms with Gasteiger partial charge in [0, 0.05) is 0 Å². The predicted octanol–water partition coefficient (Wildman–Crippen LogP) is 1.66. The molecule has 0 radical (unpaired) electrons. The van der Waals surface area contributed by atoms with Gasteiger partial charge in [-0.1, -0.05) is 5.21 Å². The number of halogens is 3. The van der Waals surface area contributed by atoms with Crippen LogP contribution < -0.4 is 5.32 Å². The van der Waals surface area contributed by atoms with E-state index in [1.54, 1.807) is 13.0 Å². The smallest absolute Gasteiger partial charge is 0.359 e. The third-order valence-corrected chi connectivity index (χ3v) is 2.41. The molecule has 0 spiro atoms. The molecule has 0 bridgehead atoms. The van der Waals surface area contributed by atoms with E-state index in [0.29, 0.717) is 0 Å². The summed E-state index contributed by atoms with van der Waals surface area (Å²) >= 11 is 0. The second-order valence-electron chi connectivity index (χ2n) is 3.84. The van der Waals surface area contributed by atoms with E-state index in [4.69, 9.17) is 5.26 Å². The molecule has 2 aromatic rings. The van der Waals surface area contributed by atoms with Crippen molar-refractivity contribution in [3.05, 3.63) is 29.2 Å². The Bertz CT molecular complexity index is 629. The molecule has 0 saturated heterocycles. The van der Waals surface area contributed by atoms with Crippen molar-refractivity contribution in [1.29, 1.82) is 5.26 Å². The van der Waals surface area contributed by atoms with Gasteiger partial charge >= 0.3 is 6.18 Å². The Kier molecular flexibility index (Phi) is 3.51.